The number of nitrogens with two attached hydrogens (primary N) is 1. The molecule has 0 spiro atoms. The smallest absolute Gasteiger partial charge is 0.126 e. The molecule has 0 heterocycles. The Balaban J connectivity index is 2.23. The topological polar surface area (TPSA) is 35.2 Å². The largest absolute Gasteiger partial charge is 0.485 e. The SMILES string of the molecule is Cc1cccc(C)c1OC1(CN)CCCCC1. The molecule has 0 atom stereocenters. The maximum Gasteiger partial charge on any atom is 0.126 e. The van der Waals surface area contributed by atoms with Gasteiger partial charge in [-0.2, -0.15) is 0 Å². The first-order valence-corrected chi connectivity index (χ1v) is 6.62. The van der Waals surface area contributed by atoms with Gasteiger partial charge in [0, 0.05) is 6.54 Å². The van der Waals surface area contributed by atoms with Gasteiger partial charge in [0.2, 0.25) is 0 Å². The fourth-order valence-electron chi connectivity index (χ4n) is 2.72. The van der Waals surface area contributed by atoms with E-state index in [4.69, 9.17) is 10.5 Å². The predicted octanol–water partition coefficient (Wildman–Crippen LogP) is 3.34. The second-order valence-electron chi connectivity index (χ2n) is 5.27. The van der Waals surface area contributed by atoms with Gasteiger partial charge in [0.1, 0.15) is 11.4 Å². The number of aryl methyl sites for hydroxylation is 2. The third kappa shape index (κ3) is 2.63. The van der Waals surface area contributed by atoms with E-state index >= 15 is 0 Å². The summed E-state index contributed by atoms with van der Waals surface area (Å²) in [5.41, 5.74) is 8.27. The molecule has 2 nitrogen and oxygen atoms in total. The fourth-order valence-corrected chi connectivity index (χ4v) is 2.72. The van der Waals surface area contributed by atoms with E-state index < -0.39 is 0 Å². The summed E-state index contributed by atoms with van der Waals surface area (Å²) in [4.78, 5) is 0. The van der Waals surface area contributed by atoms with E-state index in [1.807, 2.05) is 0 Å². The van der Waals surface area contributed by atoms with Crippen molar-refractivity contribution in [2.45, 2.75) is 51.6 Å². The van der Waals surface area contributed by atoms with Crippen molar-refractivity contribution >= 4 is 0 Å². The standard InChI is InChI=1S/C15H23NO/c1-12-7-6-8-13(2)14(12)17-15(11-16)9-4-3-5-10-15/h6-8H,3-5,9-11,16H2,1-2H3. The molecule has 1 aliphatic rings. The van der Waals surface area contributed by atoms with Crippen molar-refractivity contribution in [2.24, 2.45) is 5.73 Å². The molecule has 1 aromatic rings. The molecule has 1 fully saturated rings. The Hall–Kier alpha value is -1.02. The molecule has 0 saturated heterocycles. The molecule has 0 bridgehead atoms. The van der Waals surface area contributed by atoms with Gasteiger partial charge in [0.05, 0.1) is 0 Å². The number of rotatable bonds is 3. The van der Waals surface area contributed by atoms with Gasteiger partial charge in [-0.15, -0.1) is 0 Å². The summed E-state index contributed by atoms with van der Waals surface area (Å²) in [6.45, 7) is 4.84. The molecule has 1 saturated carbocycles. The van der Waals surface area contributed by atoms with Gasteiger partial charge in [-0.3, -0.25) is 0 Å². The second-order valence-corrected chi connectivity index (χ2v) is 5.27. The Bertz CT molecular complexity index is 360. The number of benzene rings is 1. The summed E-state index contributed by atoms with van der Waals surface area (Å²) >= 11 is 0. The summed E-state index contributed by atoms with van der Waals surface area (Å²) in [5, 5.41) is 0. The number of para-hydroxylation sites is 1. The van der Waals surface area contributed by atoms with Crippen molar-refractivity contribution < 1.29 is 4.74 Å². The molecule has 1 aliphatic carbocycles. The number of hydrogen-bond acceptors (Lipinski definition) is 2. The first-order chi connectivity index (χ1) is 8.17. The molecule has 0 unspecified atom stereocenters. The quantitative estimate of drug-likeness (QED) is 0.869. The summed E-state index contributed by atoms with van der Waals surface area (Å²) in [6, 6.07) is 6.29. The lowest BCUT2D eigenvalue weighted by molar-refractivity contribution is 0.0373. The predicted molar refractivity (Wildman–Crippen MR) is 71.4 cm³/mol. The van der Waals surface area contributed by atoms with Crippen LogP contribution in [0.15, 0.2) is 18.2 Å². The van der Waals surface area contributed by atoms with E-state index in [-0.39, 0.29) is 5.60 Å². The van der Waals surface area contributed by atoms with Crippen LogP contribution >= 0.6 is 0 Å². The highest BCUT2D eigenvalue weighted by Crippen LogP contribution is 2.35. The third-order valence-corrected chi connectivity index (χ3v) is 3.86. The molecule has 1 aromatic carbocycles. The molecule has 17 heavy (non-hydrogen) atoms. The highest BCUT2D eigenvalue weighted by molar-refractivity contribution is 5.40. The lowest BCUT2D eigenvalue weighted by Crippen LogP contribution is -2.45. The van der Waals surface area contributed by atoms with Crippen molar-refractivity contribution in [3.63, 3.8) is 0 Å². The van der Waals surface area contributed by atoms with Crippen molar-refractivity contribution in [3.05, 3.63) is 29.3 Å². The molecule has 0 amide bonds. The Morgan fingerprint density at radius 3 is 2.24 bits per heavy atom. The second kappa shape index (κ2) is 5.09. The molecular formula is C15H23NO. The lowest BCUT2D eigenvalue weighted by atomic mass is 9.84. The van der Waals surface area contributed by atoms with Gasteiger partial charge in [-0.25, -0.2) is 0 Å². The van der Waals surface area contributed by atoms with Crippen LogP contribution in [0.3, 0.4) is 0 Å². The minimum absolute atomic E-state index is 0.116. The Morgan fingerprint density at radius 2 is 1.71 bits per heavy atom. The van der Waals surface area contributed by atoms with Gasteiger partial charge < -0.3 is 10.5 Å². The Kier molecular flexibility index (Phi) is 3.72. The normalized spacial score (nSPS) is 19.0. The van der Waals surface area contributed by atoms with E-state index in [2.05, 4.69) is 32.0 Å². The molecule has 0 aromatic heterocycles. The summed E-state index contributed by atoms with van der Waals surface area (Å²) in [7, 11) is 0. The lowest BCUT2D eigenvalue weighted by Gasteiger charge is -2.37. The van der Waals surface area contributed by atoms with Crippen LogP contribution in [0.2, 0.25) is 0 Å². The average Bonchev–Trinajstić information content (AvgIpc) is 2.35. The van der Waals surface area contributed by atoms with Crippen molar-refractivity contribution in [2.75, 3.05) is 6.54 Å². The molecular weight excluding hydrogens is 210 g/mol. The molecule has 94 valence electrons. The number of hydrogen-bond donors (Lipinski definition) is 1. The van der Waals surface area contributed by atoms with E-state index in [9.17, 15) is 0 Å². The van der Waals surface area contributed by atoms with Crippen LogP contribution in [0.1, 0.15) is 43.2 Å². The van der Waals surface area contributed by atoms with Gasteiger partial charge in [0.25, 0.3) is 0 Å². The molecule has 0 radical (unpaired) electrons. The zero-order chi connectivity index (χ0) is 12.3. The van der Waals surface area contributed by atoms with Crippen LogP contribution in [0.4, 0.5) is 0 Å². The van der Waals surface area contributed by atoms with Crippen molar-refractivity contribution in [1.82, 2.24) is 0 Å². The molecule has 2 heteroatoms. The van der Waals surface area contributed by atoms with Gasteiger partial charge in [-0.1, -0.05) is 24.6 Å². The third-order valence-electron chi connectivity index (χ3n) is 3.86. The maximum atomic E-state index is 6.33. The average molecular weight is 233 g/mol. The van der Waals surface area contributed by atoms with Gasteiger partial charge >= 0.3 is 0 Å². The minimum Gasteiger partial charge on any atom is -0.485 e. The summed E-state index contributed by atoms with van der Waals surface area (Å²) < 4.78 is 6.33. The van der Waals surface area contributed by atoms with Crippen LogP contribution in [-0.2, 0) is 0 Å². The monoisotopic (exact) mass is 233 g/mol. The fraction of sp³-hybridized carbons (Fsp3) is 0.600. The zero-order valence-electron chi connectivity index (χ0n) is 11.0. The van der Waals surface area contributed by atoms with E-state index in [0.29, 0.717) is 6.54 Å². The molecule has 0 aliphatic heterocycles. The van der Waals surface area contributed by atoms with Gasteiger partial charge in [0.15, 0.2) is 0 Å². The number of ether oxygens (including phenoxy) is 1. The van der Waals surface area contributed by atoms with E-state index in [1.165, 1.54) is 30.4 Å². The van der Waals surface area contributed by atoms with Crippen LogP contribution in [0.25, 0.3) is 0 Å². The van der Waals surface area contributed by atoms with Crippen LogP contribution in [0.5, 0.6) is 5.75 Å². The summed E-state index contributed by atoms with van der Waals surface area (Å²) in [6.07, 6.45) is 5.98. The zero-order valence-corrected chi connectivity index (χ0v) is 11.0. The molecule has 2 N–H and O–H groups in total. The Morgan fingerprint density at radius 1 is 1.12 bits per heavy atom. The first kappa shape index (κ1) is 12.4. The van der Waals surface area contributed by atoms with Crippen LogP contribution in [0, 0.1) is 13.8 Å². The maximum absolute atomic E-state index is 6.33. The highest BCUT2D eigenvalue weighted by Gasteiger charge is 2.33. The van der Waals surface area contributed by atoms with Crippen LogP contribution < -0.4 is 10.5 Å². The van der Waals surface area contributed by atoms with E-state index in [0.717, 1.165) is 18.6 Å². The molecule has 2 rings (SSSR count). The minimum atomic E-state index is -0.116. The first-order valence-electron chi connectivity index (χ1n) is 6.62. The Labute approximate surface area is 104 Å². The van der Waals surface area contributed by atoms with E-state index in [1.54, 1.807) is 0 Å². The summed E-state index contributed by atoms with van der Waals surface area (Å²) in [5.74, 6) is 1.04. The van der Waals surface area contributed by atoms with Crippen molar-refractivity contribution in [3.8, 4) is 5.75 Å². The van der Waals surface area contributed by atoms with Gasteiger partial charge in [-0.05, 0) is 50.7 Å². The van der Waals surface area contributed by atoms with Crippen LogP contribution in [-0.4, -0.2) is 12.1 Å². The van der Waals surface area contributed by atoms with Crippen molar-refractivity contribution in [1.29, 1.82) is 0 Å². The highest BCUT2D eigenvalue weighted by atomic mass is 16.5.